The minimum Gasteiger partial charge on any atom is -0.317 e. The zero-order valence-electron chi connectivity index (χ0n) is 15.9. The molecular formula is C18H19FN6O3. The van der Waals surface area contributed by atoms with Gasteiger partial charge in [0.25, 0.3) is 5.91 Å². The fourth-order valence-electron chi connectivity index (χ4n) is 2.96. The van der Waals surface area contributed by atoms with Crippen molar-refractivity contribution in [3.05, 3.63) is 68.5 Å². The zero-order valence-corrected chi connectivity index (χ0v) is 15.9. The van der Waals surface area contributed by atoms with E-state index in [1.54, 1.807) is 36.7 Å². The van der Waals surface area contributed by atoms with Crippen LogP contribution in [0.15, 0.2) is 24.3 Å². The standard InChI is InChI=1S/C18H19FN6O3/c1-10-15(11(2)24(21-10)9-13-7-5-6-8-14(13)19)20-18(26)16-17(25(27)28)12(3)23(4)22-16/h5-8H,9H2,1-4H3,(H,20,26). The first-order valence-corrected chi connectivity index (χ1v) is 8.47. The van der Waals surface area contributed by atoms with Crippen LogP contribution in [0.3, 0.4) is 0 Å². The Hall–Kier alpha value is -3.56. The number of hydrogen-bond acceptors (Lipinski definition) is 5. The molecule has 3 rings (SSSR count). The first kappa shape index (κ1) is 19.2. The van der Waals surface area contributed by atoms with Crippen LogP contribution in [-0.2, 0) is 13.6 Å². The van der Waals surface area contributed by atoms with E-state index >= 15 is 0 Å². The second kappa shape index (κ2) is 7.22. The molecule has 2 heterocycles. The molecule has 1 aromatic carbocycles. The number of nitrogens with zero attached hydrogens (tertiary/aromatic N) is 5. The second-order valence-corrected chi connectivity index (χ2v) is 6.41. The molecule has 3 aromatic rings. The summed E-state index contributed by atoms with van der Waals surface area (Å²) < 4.78 is 16.8. The van der Waals surface area contributed by atoms with Gasteiger partial charge >= 0.3 is 5.69 Å². The van der Waals surface area contributed by atoms with E-state index < -0.39 is 10.8 Å². The Kier molecular flexibility index (Phi) is 4.95. The molecular weight excluding hydrogens is 367 g/mol. The summed E-state index contributed by atoms with van der Waals surface area (Å²) in [6.07, 6.45) is 0. The first-order chi connectivity index (χ1) is 13.2. The maximum atomic E-state index is 13.9. The number of aryl methyl sites for hydroxylation is 2. The highest BCUT2D eigenvalue weighted by Gasteiger charge is 2.30. The molecule has 0 atom stereocenters. The number of aromatic nitrogens is 4. The lowest BCUT2D eigenvalue weighted by Crippen LogP contribution is -2.16. The fourth-order valence-corrected chi connectivity index (χ4v) is 2.96. The molecule has 0 aliphatic rings. The third kappa shape index (κ3) is 3.36. The number of rotatable bonds is 5. The van der Waals surface area contributed by atoms with Crippen molar-refractivity contribution in [3.8, 4) is 0 Å². The van der Waals surface area contributed by atoms with E-state index in [-0.39, 0.29) is 29.4 Å². The van der Waals surface area contributed by atoms with E-state index in [1.807, 2.05) is 0 Å². The van der Waals surface area contributed by atoms with Crippen molar-refractivity contribution in [2.24, 2.45) is 7.05 Å². The van der Waals surface area contributed by atoms with Crippen LogP contribution in [0.5, 0.6) is 0 Å². The van der Waals surface area contributed by atoms with E-state index in [2.05, 4.69) is 15.5 Å². The molecule has 146 valence electrons. The Bertz CT molecular complexity index is 1090. The number of anilines is 1. The van der Waals surface area contributed by atoms with Crippen LogP contribution >= 0.6 is 0 Å². The fraction of sp³-hybridized carbons (Fsp3) is 0.278. The average Bonchev–Trinajstić information content (AvgIpc) is 3.08. The van der Waals surface area contributed by atoms with Crippen LogP contribution in [0.2, 0.25) is 0 Å². The number of hydrogen-bond donors (Lipinski definition) is 1. The first-order valence-electron chi connectivity index (χ1n) is 8.47. The van der Waals surface area contributed by atoms with Gasteiger partial charge in [-0.15, -0.1) is 0 Å². The van der Waals surface area contributed by atoms with E-state index in [4.69, 9.17) is 0 Å². The number of carbonyl (C=O) groups excluding carboxylic acids is 1. The van der Waals surface area contributed by atoms with Gasteiger partial charge in [-0.2, -0.15) is 10.2 Å². The molecule has 0 bridgehead atoms. The molecule has 10 heteroatoms. The molecule has 9 nitrogen and oxygen atoms in total. The summed E-state index contributed by atoms with van der Waals surface area (Å²) in [5.41, 5.74) is 1.65. The summed E-state index contributed by atoms with van der Waals surface area (Å²) in [5.74, 6) is -1.05. The normalized spacial score (nSPS) is 10.9. The largest absolute Gasteiger partial charge is 0.322 e. The molecule has 0 aliphatic carbocycles. The molecule has 0 fully saturated rings. The Morgan fingerprint density at radius 2 is 1.89 bits per heavy atom. The van der Waals surface area contributed by atoms with Gasteiger partial charge in [-0.05, 0) is 26.8 Å². The smallest absolute Gasteiger partial charge is 0.317 e. The van der Waals surface area contributed by atoms with Crippen LogP contribution < -0.4 is 5.32 Å². The van der Waals surface area contributed by atoms with E-state index in [9.17, 15) is 19.3 Å². The van der Waals surface area contributed by atoms with Crippen molar-refractivity contribution in [3.63, 3.8) is 0 Å². The third-order valence-electron chi connectivity index (χ3n) is 4.60. The average molecular weight is 386 g/mol. The van der Waals surface area contributed by atoms with Crippen LogP contribution in [0.4, 0.5) is 15.8 Å². The van der Waals surface area contributed by atoms with Gasteiger partial charge in [0.15, 0.2) is 0 Å². The van der Waals surface area contributed by atoms with Gasteiger partial charge < -0.3 is 5.32 Å². The topological polar surface area (TPSA) is 108 Å². The quantitative estimate of drug-likeness (QED) is 0.536. The van der Waals surface area contributed by atoms with Gasteiger partial charge in [0, 0.05) is 12.6 Å². The summed E-state index contributed by atoms with van der Waals surface area (Å²) in [7, 11) is 1.53. The highest BCUT2D eigenvalue weighted by molar-refractivity contribution is 6.06. The summed E-state index contributed by atoms with van der Waals surface area (Å²) in [5, 5.41) is 22.3. The number of nitro groups is 1. The van der Waals surface area contributed by atoms with Gasteiger partial charge in [0.05, 0.1) is 28.5 Å². The summed E-state index contributed by atoms with van der Waals surface area (Å²) >= 11 is 0. The Labute approximate surface area is 159 Å². The minimum atomic E-state index is -0.702. The van der Waals surface area contributed by atoms with Gasteiger partial charge in [-0.1, -0.05) is 18.2 Å². The maximum absolute atomic E-state index is 13.9. The molecule has 0 spiro atoms. The molecule has 0 radical (unpaired) electrons. The molecule has 0 saturated heterocycles. The van der Waals surface area contributed by atoms with Crippen molar-refractivity contribution >= 4 is 17.3 Å². The number of carbonyl (C=O) groups is 1. The van der Waals surface area contributed by atoms with Gasteiger partial charge in [0.2, 0.25) is 5.69 Å². The van der Waals surface area contributed by atoms with Crippen molar-refractivity contribution in [1.82, 2.24) is 19.6 Å². The lowest BCUT2D eigenvalue weighted by molar-refractivity contribution is -0.385. The van der Waals surface area contributed by atoms with Crippen molar-refractivity contribution in [1.29, 1.82) is 0 Å². The van der Waals surface area contributed by atoms with E-state index in [0.29, 0.717) is 22.6 Å². The molecule has 28 heavy (non-hydrogen) atoms. The predicted molar refractivity (Wildman–Crippen MR) is 99.8 cm³/mol. The molecule has 1 amide bonds. The monoisotopic (exact) mass is 386 g/mol. The lowest BCUT2D eigenvalue weighted by Gasteiger charge is -2.07. The van der Waals surface area contributed by atoms with E-state index in [1.165, 1.54) is 24.7 Å². The Morgan fingerprint density at radius 3 is 2.54 bits per heavy atom. The Balaban J connectivity index is 1.91. The minimum absolute atomic E-state index is 0.193. The third-order valence-corrected chi connectivity index (χ3v) is 4.60. The molecule has 2 aromatic heterocycles. The highest BCUT2D eigenvalue weighted by Crippen LogP contribution is 2.26. The van der Waals surface area contributed by atoms with Crippen LogP contribution in [0.25, 0.3) is 0 Å². The summed E-state index contributed by atoms with van der Waals surface area (Å²) in [6.45, 7) is 5.13. The molecule has 0 saturated carbocycles. The molecule has 1 N–H and O–H groups in total. The SMILES string of the molecule is Cc1nn(Cc2ccccc2F)c(C)c1NC(=O)c1nn(C)c(C)c1[N+](=O)[O-]. The molecule has 0 aliphatic heterocycles. The summed E-state index contributed by atoms with van der Waals surface area (Å²) in [4.78, 5) is 23.3. The van der Waals surface area contributed by atoms with Gasteiger partial charge in [-0.25, -0.2) is 4.39 Å². The van der Waals surface area contributed by atoms with Crippen molar-refractivity contribution in [2.75, 3.05) is 5.32 Å². The van der Waals surface area contributed by atoms with Crippen LogP contribution in [0, 0.1) is 36.7 Å². The maximum Gasteiger partial charge on any atom is 0.322 e. The zero-order chi connectivity index (χ0) is 20.6. The van der Waals surface area contributed by atoms with Crippen molar-refractivity contribution in [2.45, 2.75) is 27.3 Å². The van der Waals surface area contributed by atoms with Gasteiger partial charge in [-0.3, -0.25) is 24.3 Å². The summed E-state index contributed by atoms with van der Waals surface area (Å²) in [6, 6.07) is 6.36. The predicted octanol–water partition coefficient (Wildman–Crippen LogP) is 2.89. The number of nitrogens with one attached hydrogen (secondary N) is 1. The highest BCUT2D eigenvalue weighted by atomic mass is 19.1. The van der Waals surface area contributed by atoms with Crippen LogP contribution in [0.1, 0.15) is 33.1 Å². The molecule has 0 unspecified atom stereocenters. The second-order valence-electron chi connectivity index (χ2n) is 6.41. The number of amides is 1. The lowest BCUT2D eigenvalue weighted by atomic mass is 10.2. The van der Waals surface area contributed by atoms with Crippen molar-refractivity contribution < 1.29 is 14.1 Å². The van der Waals surface area contributed by atoms with Crippen LogP contribution in [-0.4, -0.2) is 30.4 Å². The number of benzene rings is 1. The van der Waals surface area contributed by atoms with Gasteiger partial charge in [0.1, 0.15) is 11.5 Å². The Morgan fingerprint density at radius 1 is 1.21 bits per heavy atom. The number of halogens is 1. The van der Waals surface area contributed by atoms with E-state index in [0.717, 1.165) is 0 Å².